The fraction of sp³-hybridized carbons (Fsp3) is 0.562. The first-order valence-corrected chi connectivity index (χ1v) is 7.78. The Morgan fingerprint density at radius 3 is 2.79 bits per heavy atom. The molecule has 0 N–H and O–H groups in total. The molecule has 0 aliphatic heterocycles. The van der Waals surface area contributed by atoms with Crippen LogP contribution in [-0.4, -0.2) is 9.55 Å². The van der Waals surface area contributed by atoms with Crippen LogP contribution in [0.3, 0.4) is 0 Å². The van der Waals surface area contributed by atoms with E-state index in [0.29, 0.717) is 11.9 Å². The van der Waals surface area contributed by atoms with Gasteiger partial charge in [0.25, 0.3) is 0 Å². The molecule has 3 rings (SSSR count). The van der Waals surface area contributed by atoms with E-state index in [1.807, 2.05) is 0 Å². The Morgan fingerprint density at radius 1 is 1.37 bits per heavy atom. The van der Waals surface area contributed by atoms with Crippen LogP contribution >= 0.6 is 11.6 Å². The van der Waals surface area contributed by atoms with E-state index < -0.39 is 0 Å². The van der Waals surface area contributed by atoms with Crippen molar-refractivity contribution < 1.29 is 0 Å². The number of rotatable bonds is 3. The first-order valence-electron chi connectivity index (χ1n) is 7.24. The first-order chi connectivity index (χ1) is 9.22. The Kier molecular flexibility index (Phi) is 3.53. The van der Waals surface area contributed by atoms with Gasteiger partial charge >= 0.3 is 0 Å². The second-order valence-corrected chi connectivity index (χ2v) is 6.03. The van der Waals surface area contributed by atoms with Crippen molar-refractivity contribution in [1.29, 1.82) is 0 Å². The normalized spacial score (nSPS) is 18.3. The van der Waals surface area contributed by atoms with Gasteiger partial charge in [-0.15, -0.1) is 11.6 Å². The van der Waals surface area contributed by atoms with Gasteiger partial charge in [0.15, 0.2) is 0 Å². The average Bonchev–Trinajstić information content (AvgIpc) is 3.05. The molecule has 102 valence electrons. The molecule has 19 heavy (non-hydrogen) atoms. The monoisotopic (exact) mass is 276 g/mol. The molecule has 3 heteroatoms. The van der Waals surface area contributed by atoms with Crippen molar-refractivity contribution in [3.05, 3.63) is 29.6 Å². The van der Waals surface area contributed by atoms with Gasteiger partial charge in [-0.3, -0.25) is 0 Å². The SMILES string of the molecule is Cc1cccc2c1nc(CCl)n2C(C)C1CCCC1. The van der Waals surface area contributed by atoms with Crippen LogP contribution in [0.4, 0.5) is 0 Å². The molecule has 1 heterocycles. The van der Waals surface area contributed by atoms with E-state index in [-0.39, 0.29) is 0 Å². The van der Waals surface area contributed by atoms with Crippen LogP contribution in [0, 0.1) is 12.8 Å². The molecular weight excluding hydrogens is 256 g/mol. The summed E-state index contributed by atoms with van der Waals surface area (Å²) in [5.74, 6) is 2.29. The highest BCUT2D eigenvalue weighted by molar-refractivity contribution is 6.16. The zero-order valence-corrected chi connectivity index (χ0v) is 12.5. The zero-order chi connectivity index (χ0) is 13.4. The largest absolute Gasteiger partial charge is 0.324 e. The Bertz CT molecular complexity index is 582. The smallest absolute Gasteiger partial charge is 0.125 e. The highest BCUT2D eigenvalue weighted by atomic mass is 35.5. The van der Waals surface area contributed by atoms with Crippen LogP contribution in [0.25, 0.3) is 11.0 Å². The molecule has 0 saturated heterocycles. The van der Waals surface area contributed by atoms with Gasteiger partial charge in [0, 0.05) is 6.04 Å². The number of alkyl halides is 1. The van der Waals surface area contributed by atoms with Gasteiger partial charge in [-0.1, -0.05) is 25.0 Å². The molecule has 1 aromatic carbocycles. The summed E-state index contributed by atoms with van der Waals surface area (Å²) < 4.78 is 2.38. The Hall–Kier alpha value is -1.02. The van der Waals surface area contributed by atoms with E-state index in [2.05, 4.69) is 36.6 Å². The lowest BCUT2D eigenvalue weighted by Crippen LogP contribution is -2.16. The number of halogens is 1. The molecule has 2 nitrogen and oxygen atoms in total. The number of aryl methyl sites for hydroxylation is 1. The second kappa shape index (κ2) is 5.16. The number of aromatic nitrogens is 2. The van der Waals surface area contributed by atoms with E-state index in [4.69, 9.17) is 16.6 Å². The number of fused-ring (bicyclic) bond motifs is 1. The Labute approximate surface area is 119 Å². The van der Waals surface area contributed by atoms with Crippen LogP contribution in [0.2, 0.25) is 0 Å². The van der Waals surface area contributed by atoms with Gasteiger partial charge in [-0.25, -0.2) is 4.98 Å². The second-order valence-electron chi connectivity index (χ2n) is 5.76. The third kappa shape index (κ3) is 2.16. The number of para-hydroxylation sites is 1. The van der Waals surface area contributed by atoms with Gasteiger partial charge in [0.05, 0.1) is 16.9 Å². The molecule has 1 unspecified atom stereocenters. The minimum Gasteiger partial charge on any atom is -0.324 e. The fourth-order valence-electron chi connectivity index (χ4n) is 3.50. The van der Waals surface area contributed by atoms with E-state index in [9.17, 15) is 0 Å². The number of hydrogen-bond acceptors (Lipinski definition) is 1. The van der Waals surface area contributed by atoms with Gasteiger partial charge in [-0.05, 0) is 44.2 Å². The van der Waals surface area contributed by atoms with E-state index in [0.717, 1.165) is 17.3 Å². The number of benzene rings is 1. The van der Waals surface area contributed by atoms with Gasteiger partial charge in [-0.2, -0.15) is 0 Å². The average molecular weight is 277 g/mol. The summed E-state index contributed by atoms with van der Waals surface area (Å²) in [6.45, 7) is 4.45. The lowest BCUT2D eigenvalue weighted by Gasteiger charge is -2.23. The molecule has 1 aromatic heterocycles. The molecular formula is C16H21ClN2. The topological polar surface area (TPSA) is 17.8 Å². The molecule has 1 aliphatic carbocycles. The number of imidazole rings is 1. The summed E-state index contributed by atoms with van der Waals surface area (Å²) in [6.07, 6.45) is 5.43. The van der Waals surface area contributed by atoms with E-state index in [1.165, 1.54) is 36.8 Å². The maximum atomic E-state index is 6.12. The highest BCUT2D eigenvalue weighted by Gasteiger charge is 2.26. The molecule has 1 saturated carbocycles. The van der Waals surface area contributed by atoms with Crippen molar-refractivity contribution in [2.45, 2.75) is 51.5 Å². The minimum absolute atomic E-state index is 0.491. The summed E-state index contributed by atoms with van der Waals surface area (Å²) in [7, 11) is 0. The maximum Gasteiger partial charge on any atom is 0.125 e. The van der Waals surface area contributed by atoms with E-state index >= 15 is 0 Å². The molecule has 0 spiro atoms. The van der Waals surface area contributed by atoms with Crippen molar-refractivity contribution in [3.63, 3.8) is 0 Å². The van der Waals surface area contributed by atoms with Crippen molar-refractivity contribution >= 4 is 22.6 Å². The third-order valence-corrected chi connectivity index (χ3v) is 4.84. The molecule has 1 atom stereocenters. The van der Waals surface area contributed by atoms with Crippen LogP contribution in [-0.2, 0) is 5.88 Å². The lowest BCUT2D eigenvalue weighted by molar-refractivity contribution is 0.362. The molecule has 1 aliphatic rings. The van der Waals surface area contributed by atoms with Gasteiger partial charge < -0.3 is 4.57 Å². The number of nitrogens with zero attached hydrogens (tertiary/aromatic N) is 2. The molecule has 0 bridgehead atoms. The minimum atomic E-state index is 0.491. The summed E-state index contributed by atoms with van der Waals surface area (Å²) >= 11 is 6.12. The van der Waals surface area contributed by atoms with Crippen LogP contribution < -0.4 is 0 Å². The highest BCUT2D eigenvalue weighted by Crippen LogP contribution is 2.37. The molecule has 0 radical (unpaired) electrons. The first kappa shape index (κ1) is 13.0. The summed E-state index contributed by atoms with van der Waals surface area (Å²) in [5.41, 5.74) is 3.60. The van der Waals surface area contributed by atoms with E-state index in [1.54, 1.807) is 0 Å². The van der Waals surface area contributed by atoms with Crippen molar-refractivity contribution in [3.8, 4) is 0 Å². The summed E-state index contributed by atoms with van der Waals surface area (Å²) in [4.78, 5) is 4.75. The summed E-state index contributed by atoms with van der Waals surface area (Å²) in [6, 6.07) is 6.92. The van der Waals surface area contributed by atoms with Crippen LogP contribution in [0.15, 0.2) is 18.2 Å². The number of hydrogen-bond donors (Lipinski definition) is 0. The Balaban J connectivity index is 2.12. The maximum absolute atomic E-state index is 6.12. The van der Waals surface area contributed by atoms with Gasteiger partial charge in [0.1, 0.15) is 5.82 Å². The zero-order valence-electron chi connectivity index (χ0n) is 11.7. The fourth-order valence-corrected chi connectivity index (χ4v) is 3.69. The standard InChI is InChI=1S/C16H21ClN2/c1-11-6-5-9-14-16(11)18-15(10-17)19(14)12(2)13-7-3-4-8-13/h5-6,9,12-13H,3-4,7-8,10H2,1-2H3. The van der Waals surface area contributed by atoms with Crippen LogP contribution in [0.1, 0.15) is 50.0 Å². The molecule has 1 fully saturated rings. The summed E-state index contributed by atoms with van der Waals surface area (Å²) in [5, 5.41) is 0. The van der Waals surface area contributed by atoms with Crippen molar-refractivity contribution in [1.82, 2.24) is 9.55 Å². The molecule has 0 amide bonds. The van der Waals surface area contributed by atoms with Crippen molar-refractivity contribution in [2.75, 3.05) is 0 Å². The van der Waals surface area contributed by atoms with Crippen LogP contribution in [0.5, 0.6) is 0 Å². The molecule has 2 aromatic rings. The lowest BCUT2D eigenvalue weighted by atomic mass is 9.99. The predicted octanol–water partition coefficient (Wildman–Crippen LogP) is 4.83. The van der Waals surface area contributed by atoms with Crippen molar-refractivity contribution in [2.24, 2.45) is 5.92 Å². The third-order valence-electron chi connectivity index (χ3n) is 4.60. The predicted molar refractivity (Wildman–Crippen MR) is 80.7 cm³/mol. The quantitative estimate of drug-likeness (QED) is 0.734. The van der Waals surface area contributed by atoms with Gasteiger partial charge in [0.2, 0.25) is 0 Å². The Morgan fingerprint density at radius 2 is 2.11 bits per heavy atom.